The summed E-state index contributed by atoms with van der Waals surface area (Å²) >= 11 is 0. The average Bonchev–Trinajstić information content (AvgIpc) is 2.60. The number of phenolic OH excluding ortho intramolecular Hbond substituents is 1. The Labute approximate surface area is 86.1 Å². The number of rotatable bonds is 2. The predicted molar refractivity (Wildman–Crippen MR) is 53.8 cm³/mol. The van der Waals surface area contributed by atoms with Crippen molar-refractivity contribution in [1.29, 1.82) is 0 Å². The molecule has 0 aliphatic heterocycles. The number of hydrogen-bond acceptors (Lipinski definition) is 4. The second kappa shape index (κ2) is 3.65. The van der Waals surface area contributed by atoms with Gasteiger partial charge in [0.2, 0.25) is 0 Å². The van der Waals surface area contributed by atoms with Crippen LogP contribution in [0.15, 0.2) is 28.9 Å². The Bertz CT molecular complexity index is 498. The van der Waals surface area contributed by atoms with Crippen LogP contribution < -0.4 is 4.74 Å². The van der Waals surface area contributed by atoms with E-state index >= 15 is 0 Å². The van der Waals surface area contributed by atoms with Gasteiger partial charge in [0.15, 0.2) is 5.75 Å². The second-order valence-electron chi connectivity index (χ2n) is 3.11. The molecule has 15 heavy (non-hydrogen) atoms. The number of fused-ring (bicyclic) bond motifs is 1. The number of benzene rings is 1. The van der Waals surface area contributed by atoms with E-state index in [1.54, 1.807) is 13.0 Å². The maximum Gasteiger partial charge on any atom is 0.311 e. The zero-order chi connectivity index (χ0) is 10.8. The second-order valence-corrected chi connectivity index (χ2v) is 3.11. The van der Waals surface area contributed by atoms with Crippen molar-refractivity contribution < 1.29 is 19.1 Å². The van der Waals surface area contributed by atoms with E-state index in [4.69, 9.17) is 9.15 Å². The fraction of sp³-hybridized carbons (Fsp3) is 0.182. The normalized spacial score (nSPS) is 10.5. The summed E-state index contributed by atoms with van der Waals surface area (Å²) in [5.74, 6) is 0.188. The number of esters is 1. The minimum absolute atomic E-state index is 0.116. The summed E-state index contributed by atoms with van der Waals surface area (Å²) in [4.78, 5) is 11.1. The molecule has 0 amide bonds. The molecule has 4 heteroatoms. The summed E-state index contributed by atoms with van der Waals surface area (Å²) in [6.45, 7) is 1.72. The predicted octanol–water partition coefficient (Wildman–Crippen LogP) is 2.45. The molecular formula is C11H10O4. The van der Waals surface area contributed by atoms with Crippen LogP contribution in [-0.4, -0.2) is 11.1 Å². The van der Waals surface area contributed by atoms with E-state index in [-0.39, 0.29) is 11.7 Å². The molecule has 0 saturated heterocycles. The molecule has 0 atom stereocenters. The Morgan fingerprint density at radius 1 is 1.53 bits per heavy atom. The molecular weight excluding hydrogens is 196 g/mol. The van der Waals surface area contributed by atoms with E-state index in [2.05, 4.69) is 0 Å². The van der Waals surface area contributed by atoms with Crippen molar-refractivity contribution in [3.63, 3.8) is 0 Å². The lowest BCUT2D eigenvalue weighted by Gasteiger charge is -1.98. The van der Waals surface area contributed by atoms with Gasteiger partial charge < -0.3 is 14.3 Å². The molecule has 2 rings (SSSR count). The lowest BCUT2D eigenvalue weighted by atomic mass is 10.2. The summed E-state index contributed by atoms with van der Waals surface area (Å²) in [5, 5.41) is 9.88. The molecule has 0 aliphatic rings. The van der Waals surface area contributed by atoms with Crippen LogP contribution in [0, 0.1) is 0 Å². The highest BCUT2D eigenvalue weighted by Gasteiger charge is 2.10. The maximum atomic E-state index is 11.1. The van der Waals surface area contributed by atoms with E-state index in [9.17, 15) is 9.90 Å². The number of aromatic hydroxyl groups is 1. The van der Waals surface area contributed by atoms with Crippen LogP contribution in [0.25, 0.3) is 11.0 Å². The van der Waals surface area contributed by atoms with Crippen LogP contribution in [0.5, 0.6) is 11.5 Å². The first-order chi connectivity index (χ1) is 7.20. The van der Waals surface area contributed by atoms with Crippen molar-refractivity contribution in [2.75, 3.05) is 0 Å². The lowest BCUT2D eigenvalue weighted by Crippen LogP contribution is -2.04. The highest BCUT2D eigenvalue weighted by Crippen LogP contribution is 2.30. The minimum Gasteiger partial charge on any atom is -0.508 e. The van der Waals surface area contributed by atoms with Gasteiger partial charge in [0.05, 0.1) is 5.39 Å². The molecule has 0 saturated carbocycles. The van der Waals surface area contributed by atoms with Gasteiger partial charge in [-0.2, -0.15) is 0 Å². The molecule has 1 aromatic heterocycles. The number of carbonyl (C=O) groups excluding carboxylic acids is 1. The van der Waals surface area contributed by atoms with Crippen LogP contribution in [0.1, 0.15) is 13.3 Å². The molecule has 0 spiro atoms. The van der Waals surface area contributed by atoms with Gasteiger partial charge in [0.25, 0.3) is 0 Å². The maximum absolute atomic E-state index is 11.1. The van der Waals surface area contributed by atoms with Gasteiger partial charge in [-0.15, -0.1) is 0 Å². The van der Waals surface area contributed by atoms with Crippen LogP contribution in [0.2, 0.25) is 0 Å². The summed E-state index contributed by atoms with van der Waals surface area (Å²) in [7, 11) is 0. The highest BCUT2D eigenvalue weighted by molar-refractivity contribution is 5.87. The first kappa shape index (κ1) is 9.58. The number of furan rings is 1. The zero-order valence-corrected chi connectivity index (χ0v) is 8.19. The first-order valence-corrected chi connectivity index (χ1v) is 4.61. The third kappa shape index (κ3) is 1.79. The van der Waals surface area contributed by atoms with Gasteiger partial charge in [0.1, 0.15) is 17.6 Å². The zero-order valence-electron chi connectivity index (χ0n) is 8.19. The highest BCUT2D eigenvalue weighted by atomic mass is 16.5. The molecule has 4 nitrogen and oxygen atoms in total. The number of carbonyl (C=O) groups is 1. The molecule has 1 aromatic carbocycles. The van der Waals surface area contributed by atoms with Gasteiger partial charge in [-0.25, -0.2) is 0 Å². The summed E-state index contributed by atoms with van der Waals surface area (Å²) in [6.07, 6.45) is 1.67. The molecule has 78 valence electrons. The molecule has 1 heterocycles. The Hall–Kier alpha value is -1.97. The molecule has 0 unspecified atom stereocenters. The van der Waals surface area contributed by atoms with Crippen molar-refractivity contribution in [2.24, 2.45) is 0 Å². The fourth-order valence-corrected chi connectivity index (χ4v) is 1.27. The van der Waals surface area contributed by atoms with Crippen LogP contribution in [0.4, 0.5) is 0 Å². The Morgan fingerprint density at radius 3 is 3.07 bits per heavy atom. The number of hydrogen-bond donors (Lipinski definition) is 1. The molecule has 0 aliphatic carbocycles. The quantitative estimate of drug-likeness (QED) is 0.766. The SMILES string of the molecule is CCC(=O)Oc1coc2cc(O)ccc12. The Kier molecular flexibility index (Phi) is 2.33. The third-order valence-electron chi connectivity index (χ3n) is 2.04. The number of phenols is 1. The van der Waals surface area contributed by atoms with Gasteiger partial charge >= 0.3 is 5.97 Å². The average molecular weight is 206 g/mol. The molecule has 0 fully saturated rings. The Morgan fingerprint density at radius 2 is 2.33 bits per heavy atom. The van der Waals surface area contributed by atoms with E-state index in [1.807, 2.05) is 0 Å². The van der Waals surface area contributed by atoms with Crippen LogP contribution in [0.3, 0.4) is 0 Å². The van der Waals surface area contributed by atoms with E-state index in [0.717, 1.165) is 0 Å². The molecule has 2 aromatic rings. The van der Waals surface area contributed by atoms with Crippen LogP contribution in [-0.2, 0) is 4.79 Å². The van der Waals surface area contributed by atoms with Gasteiger partial charge in [0, 0.05) is 12.5 Å². The van der Waals surface area contributed by atoms with Crippen molar-refractivity contribution in [3.05, 3.63) is 24.5 Å². The summed E-state index contributed by atoms with van der Waals surface area (Å²) < 4.78 is 10.2. The molecule has 0 bridgehead atoms. The standard InChI is InChI=1S/C11H10O4/c1-2-11(13)15-10-6-14-9-5-7(12)3-4-8(9)10/h3-6,12H,2H2,1H3. The van der Waals surface area contributed by atoms with Gasteiger partial charge in [-0.3, -0.25) is 4.79 Å². The Balaban J connectivity index is 2.41. The lowest BCUT2D eigenvalue weighted by molar-refractivity contribution is -0.133. The van der Waals surface area contributed by atoms with E-state index in [0.29, 0.717) is 23.1 Å². The topological polar surface area (TPSA) is 59.7 Å². The van der Waals surface area contributed by atoms with Gasteiger partial charge in [-0.1, -0.05) is 6.92 Å². The van der Waals surface area contributed by atoms with Crippen LogP contribution >= 0.6 is 0 Å². The van der Waals surface area contributed by atoms with Crippen molar-refractivity contribution in [3.8, 4) is 11.5 Å². The largest absolute Gasteiger partial charge is 0.508 e. The smallest absolute Gasteiger partial charge is 0.311 e. The molecule has 1 N–H and O–H groups in total. The molecule has 0 radical (unpaired) electrons. The van der Waals surface area contributed by atoms with Crippen molar-refractivity contribution in [1.82, 2.24) is 0 Å². The monoisotopic (exact) mass is 206 g/mol. The number of ether oxygens (including phenoxy) is 1. The minimum atomic E-state index is -0.314. The van der Waals surface area contributed by atoms with Crippen molar-refractivity contribution >= 4 is 16.9 Å². The van der Waals surface area contributed by atoms with Gasteiger partial charge in [-0.05, 0) is 12.1 Å². The van der Waals surface area contributed by atoms with E-state index in [1.165, 1.54) is 18.4 Å². The third-order valence-corrected chi connectivity index (χ3v) is 2.04. The van der Waals surface area contributed by atoms with E-state index < -0.39 is 0 Å². The summed E-state index contributed by atoms with van der Waals surface area (Å²) in [6, 6.07) is 4.63. The fourth-order valence-electron chi connectivity index (χ4n) is 1.27. The van der Waals surface area contributed by atoms with Crippen molar-refractivity contribution in [2.45, 2.75) is 13.3 Å². The summed E-state index contributed by atoms with van der Waals surface area (Å²) in [5.41, 5.74) is 0.494. The first-order valence-electron chi connectivity index (χ1n) is 4.61.